The van der Waals surface area contributed by atoms with E-state index in [0.717, 1.165) is 45.5 Å². The number of aromatic nitrogens is 4. The number of nitrogens with zero attached hydrogens (tertiary/aromatic N) is 3. The monoisotopic (exact) mass is 461 g/mol. The molecule has 0 spiro atoms. The Balaban J connectivity index is 1.41. The van der Waals surface area contributed by atoms with E-state index in [4.69, 9.17) is 0 Å². The van der Waals surface area contributed by atoms with Crippen molar-refractivity contribution in [1.29, 1.82) is 0 Å². The summed E-state index contributed by atoms with van der Waals surface area (Å²) in [4.78, 5) is 20.1. The number of anilines is 1. The number of fused-ring (bicyclic) bond motifs is 1. The van der Waals surface area contributed by atoms with Gasteiger partial charge in [-0.1, -0.05) is 12.1 Å². The van der Waals surface area contributed by atoms with Crippen molar-refractivity contribution in [1.82, 2.24) is 19.7 Å². The number of aryl methyl sites for hydroxylation is 1. The van der Waals surface area contributed by atoms with Crippen LogP contribution in [-0.2, 0) is 6.18 Å². The number of hydrogen-bond acceptors (Lipinski definition) is 3. The lowest BCUT2D eigenvalue weighted by atomic mass is 10.1. The average molecular weight is 461 g/mol. The zero-order valence-electron chi connectivity index (χ0n) is 17.9. The Morgan fingerprint density at radius 1 is 1.03 bits per heavy atom. The molecular weight excluding hydrogens is 443 g/mol. The van der Waals surface area contributed by atoms with Crippen LogP contribution in [0.4, 0.5) is 18.9 Å². The molecule has 170 valence electrons. The first-order valence-corrected chi connectivity index (χ1v) is 10.4. The maximum absolute atomic E-state index is 13.0. The summed E-state index contributed by atoms with van der Waals surface area (Å²) in [5.41, 5.74) is 3.70. The van der Waals surface area contributed by atoms with Crippen LogP contribution in [0.3, 0.4) is 0 Å². The first kappa shape index (κ1) is 21.4. The molecule has 0 unspecified atom stereocenters. The molecule has 0 radical (unpaired) electrons. The van der Waals surface area contributed by atoms with Crippen LogP contribution in [0.2, 0.25) is 0 Å². The summed E-state index contributed by atoms with van der Waals surface area (Å²) in [7, 11) is 0. The molecule has 0 atom stereocenters. The van der Waals surface area contributed by atoms with Crippen LogP contribution in [0, 0.1) is 6.92 Å². The van der Waals surface area contributed by atoms with Crippen LogP contribution in [0.25, 0.3) is 27.8 Å². The summed E-state index contributed by atoms with van der Waals surface area (Å²) in [6, 6.07) is 13.5. The average Bonchev–Trinajstić information content (AvgIpc) is 3.49. The number of carbonyl (C=O) groups excluding carboxylic acids is 1. The van der Waals surface area contributed by atoms with Crippen molar-refractivity contribution in [3.05, 3.63) is 96.1 Å². The van der Waals surface area contributed by atoms with E-state index in [9.17, 15) is 18.0 Å². The molecule has 34 heavy (non-hydrogen) atoms. The molecule has 1 amide bonds. The summed E-state index contributed by atoms with van der Waals surface area (Å²) in [5.74, 6) is -0.632. The van der Waals surface area contributed by atoms with Crippen LogP contribution in [0.15, 0.2) is 79.4 Å². The van der Waals surface area contributed by atoms with Gasteiger partial charge in [0.1, 0.15) is 5.65 Å². The number of nitrogens with one attached hydrogen (secondary N) is 2. The zero-order valence-corrected chi connectivity index (χ0v) is 17.9. The fourth-order valence-electron chi connectivity index (χ4n) is 3.68. The molecule has 0 bridgehead atoms. The maximum Gasteiger partial charge on any atom is 0.416 e. The fraction of sp³-hybridized carbons (Fsp3) is 0.0800. The Morgan fingerprint density at radius 3 is 2.71 bits per heavy atom. The van der Waals surface area contributed by atoms with Crippen molar-refractivity contribution in [2.45, 2.75) is 13.1 Å². The number of benzene rings is 2. The Labute approximate surface area is 192 Å². The van der Waals surface area contributed by atoms with Crippen LogP contribution in [-0.4, -0.2) is 25.7 Å². The third-order valence-electron chi connectivity index (χ3n) is 5.48. The zero-order chi connectivity index (χ0) is 23.9. The minimum Gasteiger partial charge on any atom is -0.346 e. The molecule has 9 heteroatoms. The van der Waals surface area contributed by atoms with Crippen molar-refractivity contribution in [3.63, 3.8) is 0 Å². The molecule has 6 nitrogen and oxygen atoms in total. The Kier molecular flexibility index (Phi) is 5.16. The van der Waals surface area contributed by atoms with Gasteiger partial charge in [-0.15, -0.1) is 0 Å². The third-order valence-corrected chi connectivity index (χ3v) is 5.48. The van der Waals surface area contributed by atoms with E-state index in [-0.39, 0.29) is 5.56 Å². The van der Waals surface area contributed by atoms with Gasteiger partial charge in [-0.05, 0) is 55.0 Å². The second-order valence-electron chi connectivity index (χ2n) is 7.85. The van der Waals surface area contributed by atoms with E-state index in [0.29, 0.717) is 5.69 Å². The lowest BCUT2D eigenvalue weighted by Gasteiger charge is -2.12. The van der Waals surface area contributed by atoms with E-state index in [1.165, 1.54) is 12.1 Å². The quantitative estimate of drug-likeness (QED) is 0.345. The van der Waals surface area contributed by atoms with Gasteiger partial charge in [-0.3, -0.25) is 4.79 Å². The molecule has 5 rings (SSSR count). The highest BCUT2D eigenvalue weighted by Gasteiger charge is 2.30. The third kappa shape index (κ3) is 4.15. The van der Waals surface area contributed by atoms with E-state index >= 15 is 0 Å². The summed E-state index contributed by atoms with van der Waals surface area (Å²) in [5, 5.41) is 8.11. The van der Waals surface area contributed by atoms with Gasteiger partial charge >= 0.3 is 6.18 Å². The SMILES string of the molecule is Cc1ccc(NC(=O)c2cccc(C(F)(F)F)c2)cc1-n1cc(-c2cnc3[nH]ccc3c2)cn1. The Bertz CT molecular complexity index is 1520. The molecule has 0 aliphatic carbocycles. The lowest BCUT2D eigenvalue weighted by molar-refractivity contribution is -0.137. The largest absolute Gasteiger partial charge is 0.416 e. The minimum atomic E-state index is -4.52. The number of aromatic amines is 1. The second-order valence-corrected chi connectivity index (χ2v) is 7.85. The summed E-state index contributed by atoms with van der Waals surface area (Å²) in [6.45, 7) is 1.91. The van der Waals surface area contributed by atoms with Gasteiger partial charge in [0.05, 0.1) is 17.4 Å². The van der Waals surface area contributed by atoms with Crippen LogP contribution >= 0.6 is 0 Å². The van der Waals surface area contributed by atoms with Gasteiger partial charge in [0.25, 0.3) is 5.91 Å². The molecule has 3 heterocycles. The van der Waals surface area contributed by atoms with Crippen molar-refractivity contribution in [3.8, 4) is 16.8 Å². The van der Waals surface area contributed by atoms with E-state index in [1.807, 2.05) is 37.5 Å². The highest BCUT2D eigenvalue weighted by molar-refractivity contribution is 6.04. The standard InChI is InChI=1S/C25H18F3N5O/c1-15-5-6-21(32-24(34)17-3-2-4-20(10-17)25(26,27)28)11-22(15)33-14-19(13-31-33)18-9-16-7-8-29-23(16)30-12-18/h2-14H,1H3,(H,29,30)(H,32,34). The molecule has 0 aliphatic rings. The van der Waals surface area contributed by atoms with Crippen molar-refractivity contribution >= 4 is 22.6 Å². The fourth-order valence-corrected chi connectivity index (χ4v) is 3.68. The lowest BCUT2D eigenvalue weighted by Crippen LogP contribution is -2.14. The number of H-pyrrole nitrogens is 1. The smallest absolute Gasteiger partial charge is 0.346 e. The molecule has 2 N–H and O–H groups in total. The number of halogens is 3. The van der Waals surface area contributed by atoms with Gasteiger partial charge in [0.15, 0.2) is 0 Å². The maximum atomic E-state index is 13.0. The molecule has 0 saturated heterocycles. The van der Waals surface area contributed by atoms with E-state index < -0.39 is 17.6 Å². The number of alkyl halides is 3. The number of amides is 1. The Morgan fingerprint density at radius 2 is 1.88 bits per heavy atom. The molecule has 5 aromatic rings. The van der Waals surface area contributed by atoms with Crippen molar-refractivity contribution in [2.75, 3.05) is 5.32 Å². The molecular formula is C25H18F3N5O. The van der Waals surface area contributed by atoms with Gasteiger partial charge in [0.2, 0.25) is 0 Å². The second kappa shape index (κ2) is 8.18. The van der Waals surface area contributed by atoms with Crippen LogP contribution < -0.4 is 5.32 Å². The van der Waals surface area contributed by atoms with Crippen molar-refractivity contribution < 1.29 is 18.0 Å². The van der Waals surface area contributed by atoms with Gasteiger partial charge < -0.3 is 10.3 Å². The highest BCUT2D eigenvalue weighted by Crippen LogP contribution is 2.30. The highest BCUT2D eigenvalue weighted by atomic mass is 19.4. The van der Waals surface area contributed by atoms with E-state index in [1.54, 1.807) is 29.2 Å². The summed E-state index contributed by atoms with van der Waals surface area (Å²) in [6.07, 6.45) is 2.65. The van der Waals surface area contributed by atoms with Gasteiger partial charge in [0, 0.05) is 46.4 Å². The first-order chi connectivity index (χ1) is 16.3. The molecule has 0 fully saturated rings. The molecule has 0 saturated carbocycles. The molecule has 0 aliphatic heterocycles. The van der Waals surface area contributed by atoms with E-state index in [2.05, 4.69) is 20.4 Å². The first-order valence-electron chi connectivity index (χ1n) is 10.4. The van der Waals surface area contributed by atoms with Crippen LogP contribution in [0.5, 0.6) is 0 Å². The topological polar surface area (TPSA) is 75.6 Å². The Hall–Kier alpha value is -4.40. The number of carbonyl (C=O) groups is 1. The normalized spacial score (nSPS) is 11.6. The number of pyridine rings is 1. The molecule has 2 aromatic carbocycles. The number of rotatable bonds is 4. The van der Waals surface area contributed by atoms with Gasteiger partial charge in [-0.2, -0.15) is 18.3 Å². The predicted molar refractivity (Wildman–Crippen MR) is 123 cm³/mol. The number of hydrogen-bond donors (Lipinski definition) is 2. The summed E-state index contributed by atoms with van der Waals surface area (Å²) >= 11 is 0. The predicted octanol–water partition coefficient (Wildman–Crippen LogP) is 6.00. The minimum absolute atomic E-state index is 0.0778. The van der Waals surface area contributed by atoms with Crippen molar-refractivity contribution in [2.24, 2.45) is 0 Å². The summed E-state index contributed by atoms with van der Waals surface area (Å²) < 4.78 is 40.6. The molecule has 3 aromatic heterocycles. The van der Waals surface area contributed by atoms with Gasteiger partial charge in [-0.25, -0.2) is 9.67 Å². The van der Waals surface area contributed by atoms with Crippen LogP contribution in [0.1, 0.15) is 21.5 Å².